The third kappa shape index (κ3) is 3.91. The third-order valence-corrected chi connectivity index (χ3v) is 5.86. The Bertz CT molecular complexity index is 725. The highest BCUT2D eigenvalue weighted by atomic mass is 16.2. The average Bonchev–Trinajstić information content (AvgIpc) is 3.08. The molecule has 2 aliphatic rings. The van der Waals surface area contributed by atoms with Crippen molar-refractivity contribution in [3.05, 3.63) is 29.3 Å². The van der Waals surface area contributed by atoms with E-state index in [4.69, 9.17) is 0 Å². The molecule has 0 aliphatic carbocycles. The average molecular weight is 386 g/mol. The van der Waals surface area contributed by atoms with Crippen molar-refractivity contribution in [2.45, 2.75) is 46.0 Å². The Kier molecular flexibility index (Phi) is 6.06. The van der Waals surface area contributed by atoms with Crippen LogP contribution in [0.5, 0.6) is 0 Å². The molecule has 1 atom stereocenters. The minimum Gasteiger partial charge on any atom is -0.342 e. The number of carbonyl (C=O) groups is 3. The molecule has 2 saturated heterocycles. The van der Waals surface area contributed by atoms with E-state index in [1.54, 1.807) is 9.80 Å². The molecule has 0 aromatic heterocycles. The second kappa shape index (κ2) is 8.33. The summed E-state index contributed by atoms with van der Waals surface area (Å²) in [5.74, 6) is 0.352. The third-order valence-electron chi connectivity index (χ3n) is 5.86. The number of benzene rings is 1. The summed E-state index contributed by atoms with van der Waals surface area (Å²) < 4.78 is 0. The number of hydrogen-bond acceptors (Lipinski definition) is 3. The second-order valence-corrected chi connectivity index (χ2v) is 8.47. The lowest BCUT2D eigenvalue weighted by atomic mass is 9.92. The van der Waals surface area contributed by atoms with E-state index in [1.807, 2.05) is 4.90 Å². The van der Waals surface area contributed by atoms with Crippen molar-refractivity contribution >= 4 is 23.9 Å². The molecular weight excluding hydrogens is 354 g/mol. The molecule has 1 aromatic rings. The maximum Gasteiger partial charge on any atom is 0.228 e. The zero-order valence-corrected chi connectivity index (χ0v) is 17.4. The van der Waals surface area contributed by atoms with Gasteiger partial charge in [0.15, 0.2) is 0 Å². The van der Waals surface area contributed by atoms with Gasteiger partial charge < -0.3 is 14.7 Å². The van der Waals surface area contributed by atoms with Crippen LogP contribution in [0.4, 0.5) is 5.69 Å². The Labute approximate surface area is 167 Å². The van der Waals surface area contributed by atoms with Crippen LogP contribution in [0.2, 0.25) is 0 Å². The number of hydrogen-bond donors (Lipinski definition) is 0. The van der Waals surface area contributed by atoms with Gasteiger partial charge in [-0.05, 0) is 23.0 Å². The van der Waals surface area contributed by atoms with Gasteiger partial charge in [0, 0.05) is 39.1 Å². The largest absolute Gasteiger partial charge is 0.342 e. The summed E-state index contributed by atoms with van der Waals surface area (Å²) in [5, 5.41) is 0. The molecular formula is C22H31N3O3. The maximum absolute atomic E-state index is 13.0. The Morgan fingerprint density at radius 3 is 2.11 bits per heavy atom. The van der Waals surface area contributed by atoms with E-state index in [0.29, 0.717) is 44.6 Å². The molecule has 3 rings (SSSR count). The number of para-hydroxylation sites is 1. The van der Waals surface area contributed by atoms with E-state index in [9.17, 15) is 14.4 Å². The Balaban J connectivity index is 1.82. The normalized spacial score (nSPS) is 20.4. The van der Waals surface area contributed by atoms with Crippen LogP contribution in [0, 0.1) is 5.92 Å². The van der Waals surface area contributed by atoms with Crippen molar-refractivity contribution in [3.8, 4) is 0 Å². The molecule has 6 nitrogen and oxygen atoms in total. The zero-order valence-electron chi connectivity index (χ0n) is 17.4. The minimum absolute atomic E-state index is 0.0277. The summed E-state index contributed by atoms with van der Waals surface area (Å²) >= 11 is 0. The first-order valence-electron chi connectivity index (χ1n) is 10.2. The van der Waals surface area contributed by atoms with Crippen LogP contribution in [-0.4, -0.2) is 60.7 Å². The van der Waals surface area contributed by atoms with Crippen LogP contribution >= 0.6 is 0 Å². The van der Waals surface area contributed by atoms with Gasteiger partial charge in [0.1, 0.15) is 0 Å². The molecule has 0 saturated carbocycles. The van der Waals surface area contributed by atoms with Crippen molar-refractivity contribution in [3.63, 3.8) is 0 Å². The first-order chi connectivity index (χ1) is 13.3. The van der Waals surface area contributed by atoms with Crippen LogP contribution in [0.1, 0.15) is 57.1 Å². The monoisotopic (exact) mass is 385 g/mol. The van der Waals surface area contributed by atoms with E-state index >= 15 is 0 Å². The molecule has 1 aromatic carbocycles. The van der Waals surface area contributed by atoms with Gasteiger partial charge in [-0.15, -0.1) is 0 Å². The van der Waals surface area contributed by atoms with Crippen molar-refractivity contribution in [1.29, 1.82) is 0 Å². The molecule has 2 heterocycles. The number of anilines is 1. The minimum atomic E-state index is -0.310. The fourth-order valence-electron chi connectivity index (χ4n) is 4.22. The van der Waals surface area contributed by atoms with Crippen LogP contribution in [-0.2, 0) is 14.4 Å². The summed E-state index contributed by atoms with van der Waals surface area (Å²) in [6.07, 6.45) is 1.09. The van der Waals surface area contributed by atoms with Gasteiger partial charge in [-0.2, -0.15) is 0 Å². The number of nitrogens with zero attached hydrogens (tertiary/aromatic N) is 3. The number of piperazine rings is 1. The first kappa shape index (κ1) is 20.4. The lowest BCUT2D eigenvalue weighted by Crippen LogP contribution is -2.50. The highest BCUT2D eigenvalue weighted by molar-refractivity contribution is 6.01. The van der Waals surface area contributed by atoms with E-state index in [2.05, 4.69) is 45.9 Å². The van der Waals surface area contributed by atoms with Crippen molar-refractivity contribution in [1.82, 2.24) is 9.80 Å². The van der Waals surface area contributed by atoms with E-state index in [-0.39, 0.29) is 24.2 Å². The van der Waals surface area contributed by atoms with Crippen LogP contribution in [0.3, 0.4) is 0 Å². The summed E-state index contributed by atoms with van der Waals surface area (Å²) in [5.41, 5.74) is 3.32. The summed E-state index contributed by atoms with van der Waals surface area (Å²) in [6, 6.07) is 6.24. The van der Waals surface area contributed by atoms with Crippen molar-refractivity contribution < 1.29 is 14.4 Å². The van der Waals surface area contributed by atoms with Crippen LogP contribution < -0.4 is 4.90 Å². The highest BCUT2D eigenvalue weighted by Gasteiger charge is 2.39. The topological polar surface area (TPSA) is 60.9 Å². The lowest BCUT2D eigenvalue weighted by molar-refractivity contribution is -0.139. The molecule has 152 valence electrons. The van der Waals surface area contributed by atoms with Gasteiger partial charge in [-0.3, -0.25) is 14.4 Å². The van der Waals surface area contributed by atoms with Gasteiger partial charge >= 0.3 is 0 Å². The zero-order chi connectivity index (χ0) is 20.4. The van der Waals surface area contributed by atoms with Crippen LogP contribution in [0.15, 0.2) is 18.2 Å². The van der Waals surface area contributed by atoms with E-state index in [1.165, 1.54) is 0 Å². The maximum atomic E-state index is 13.0. The molecule has 28 heavy (non-hydrogen) atoms. The van der Waals surface area contributed by atoms with Crippen molar-refractivity contribution in [2.75, 3.05) is 37.6 Å². The number of carbonyl (C=O) groups excluding carboxylic acids is 3. The molecule has 0 N–H and O–H groups in total. The van der Waals surface area contributed by atoms with Gasteiger partial charge in [0.25, 0.3) is 0 Å². The van der Waals surface area contributed by atoms with E-state index < -0.39 is 0 Å². The van der Waals surface area contributed by atoms with Crippen molar-refractivity contribution in [2.24, 2.45) is 5.92 Å². The Morgan fingerprint density at radius 1 is 1.04 bits per heavy atom. The van der Waals surface area contributed by atoms with Gasteiger partial charge in [-0.25, -0.2) is 0 Å². The standard InChI is InChI=1S/C22H31N3O3/c1-15(2)18-6-5-7-19(16(3)4)21(18)25-13-17(12-20(25)27)22(28)24-10-8-23(14-26)9-11-24/h5-7,14-17H,8-13H2,1-4H3. The van der Waals surface area contributed by atoms with Gasteiger partial charge in [0.05, 0.1) is 11.6 Å². The van der Waals surface area contributed by atoms with E-state index in [0.717, 1.165) is 23.2 Å². The predicted octanol–water partition coefficient (Wildman–Crippen LogP) is 2.59. The smallest absolute Gasteiger partial charge is 0.228 e. The quantitative estimate of drug-likeness (QED) is 0.732. The highest BCUT2D eigenvalue weighted by Crippen LogP contribution is 2.38. The predicted molar refractivity (Wildman–Crippen MR) is 109 cm³/mol. The lowest BCUT2D eigenvalue weighted by Gasteiger charge is -2.34. The molecule has 0 radical (unpaired) electrons. The molecule has 6 heteroatoms. The summed E-state index contributed by atoms with van der Waals surface area (Å²) in [4.78, 5) is 42.1. The Morgan fingerprint density at radius 2 is 1.61 bits per heavy atom. The molecule has 0 spiro atoms. The fourth-order valence-corrected chi connectivity index (χ4v) is 4.22. The molecule has 1 unspecified atom stereocenters. The second-order valence-electron chi connectivity index (χ2n) is 8.47. The Hall–Kier alpha value is -2.37. The molecule has 2 fully saturated rings. The van der Waals surface area contributed by atoms with Gasteiger partial charge in [0.2, 0.25) is 18.2 Å². The summed E-state index contributed by atoms with van der Waals surface area (Å²) in [6.45, 7) is 11.2. The fraction of sp³-hybridized carbons (Fsp3) is 0.591. The van der Waals surface area contributed by atoms with Crippen LogP contribution in [0.25, 0.3) is 0 Å². The number of amides is 3. The SMILES string of the molecule is CC(C)c1cccc(C(C)C)c1N1CC(C(=O)N2CCN(C=O)CC2)CC1=O. The van der Waals surface area contributed by atoms with Gasteiger partial charge in [-0.1, -0.05) is 45.9 Å². The molecule has 0 bridgehead atoms. The summed E-state index contributed by atoms with van der Waals surface area (Å²) in [7, 11) is 0. The number of rotatable bonds is 5. The molecule has 3 amide bonds. The molecule has 2 aliphatic heterocycles. The first-order valence-corrected chi connectivity index (χ1v) is 10.2.